The van der Waals surface area contributed by atoms with Crippen LogP contribution in [0.4, 0.5) is 52.1 Å². The highest BCUT2D eigenvalue weighted by Crippen LogP contribution is 2.22. The van der Waals surface area contributed by atoms with Gasteiger partial charge in [-0.25, -0.2) is 0 Å². The van der Waals surface area contributed by atoms with Crippen molar-refractivity contribution in [3.05, 3.63) is 240 Å². The number of esters is 1. The molecule has 6 atom stereocenters. The number of nitro groups is 6. The Morgan fingerprint density at radius 2 is 0.716 bits per heavy atom. The summed E-state index contributed by atoms with van der Waals surface area (Å²) in [4.78, 5) is 124. The molecule has 141 heavy (non-hydrogen) atoms. The number of carbonyl (C=O) groups is 5. The number of amides is 2. The van der Waals surface area contributed by atoms with Crippen molar-refractivity contribution in [2.24, 2.45) is 57.3 Å². The molecule has 7 rings (SSSR count). The van der Waals surface area contributed by atoms with Crippen LogP contribution in [0.1, 0.15) is 33.4 Å². The van der Waals surface area contributed by atoms with E-state index < -0.39 is 100 Å². The van der Waals surface area contributed by atoms with Gasteiger partial charge in [0.1, 0.15) is 12.1 Å². The molecular weight excluding hydrogens is 1850 g/mol. The SMILES string of the molecule is CB(O)N1CC1.CO.COC(=O)C(N)Cc1ccc([N+](=O)[O-])cc1.N.NC(=O)C(N)Cc1ccc([N+](=O)[O-])cc1.NC(Cc1ccc([N+](=O)[O-])cc1)C(=O)O.NCC(N)Cc1ccc([N+](=O)[O-])cc1.NCCN(CCN)CC(Cc1ccc([N+](=O)[O-])cc1)N(CCN)CCN.O=CC(F)(F)F.[B].[B].[B]C(=O)NCCN(CCNB(C)O)C(Cc1ccc([N+](=O)[O-])cc1)CN(CCNB(C)O)CCNB(C)O. The van der Waals surface area contributed by atoms with Crippen molar-refractivity contribution in [2.75, 3.05) is 152 Å². The number of carboxylic acid groups (broad SMARTS) is 1. The van der Waals surface area contributed by atoms with Gasteiger partial charge in [0, 0.05) is 233 Å². The number of carboxylic acids is 1. The summed E-state index contributed by atoms with van der Waals surface area (Å²) < 4.78 is 35.7. The highest BCUT2D eigenvalue weighted by molar-refractivity contribution is 6.57. The zero-order valence-corrected chi connectivity index (χ0v) is 80.1. The molecular formula is C81H136B7F3N26O24. The molecule has 0 saturated carbocycles. The normalized spacial score (nSPS) is 12.1. The molecule has 60 heteroatoms. The number of aliphatic carboxylic acids is 1. The fraction of sp³-hybridized carbons (Fsp3) is 0.494. The number of nitro benzene ring substituents is 6. The second-order valence-electron chi connectivity index (χ2n) is 30.5. The molecule has 50 nitrogen and oxygen atoms in total. The second-order valence-corrected chi connectivity index (χ2v) is 30.5. The number of aliphatic hydroxyl groups is 1. The van der Waals surface area contributed by atoms with Crippen LogP contribution in [0.3, 0.4) is 0 Å². The molecule has 0 aliphatic carbocycles. The van der Waals surface area contributed by atoms with E-state index in [1.807, 2.05) is 16.9 Å². The number of alkyl halides is 3. The maximum Gasteiger partial charge on any atom is 0.446 e. The van der Waals surface area contributed by atoms with E-state index >= 15 is 0 Å². The Labute approximate surface area is 823 Å². The number of aldehydes is 1. The molecule has 33 N–H and O–H groups in total. The highest BCUT2D eigenvalue weighted by Gasteiger charge is 2.28. The Morgan fingerprint density at radius 3 is 0.943 bits per heavy atom. The molecule has 1 heterocycles. The van der Waals surface area contributed by atoms with Crippen LogP contribution in [-0.4, -0.2) is 361 Å². The number of hydrogen-bond acceptors (Lipinski definition) is 41. The smallest absolute Gasteiger partial charge is 0.446 e. The van der Waals surface area contributed by atoms with E-state index in [9.17, 15) is 108 Å². The summed E-state index contributed by atoms with van der Waals surface area (Å²) in [6, 6.07) is 34.4. The average molecular weight is 1990 g/mol. The Kier molecular flexibility index (Phi) is 77.5. The Bertz CT molecular complexity index is 4360. The number of non-ortho nitro benzene ring substituents is 6. The maximum atomic E-state index is 11.3. The Morgan fingerprint density at radius 1 is 0.461 bits per heavy atom. The van der Waals surface area contributed by atoms with Crippen molar-refractivity contribution in [2.45, 2.75) is 108 Å². The van der Waals surface area contributed by atoms with Gasteiger partial charge in [0.05, 0.1) is 42.7 Å². The van der Waals surface area contributed by atoms with Crippen molar-refractivity contribution >= 4 is 117 Å². The summed E-state index contributed by atoms with van der Waals surface area (Å²) in [6.07, 6.45) is -2.98. The Balaban J connectivity index is -0.000000526. The fourth-order valence-corrected chi connectivity index (χ4v) is 12.1. The van der Waals surface area contributed by atoms with Crippen molar-refractivity contribution in [1.82, 2.24) is 51.6 Å². The number of nitrogens with one attached hydrogen (secondary N) is 4. The van der Waals surface area contributed by atoms with Gasteiger partial charge in [0.15, 0.2) is 13.7 Å². The third-order valence-electron chi connectivity index (χ3n) is 19.3. The van der Waals surface area contributed by atoms with Crippen molar-refractivity contribution in [3.63, 3.8) is 0 Å². The number of rotatable bonds is 52. The van der Waals surface area contributed by atoms with Crippen molar-refractivity contribution in [3.8, 4) is 0 Å². The van der Waals surface area contributed by atoms with Crippen LogP contribution in [0.2, 0.25) is 27.3 Å². The molecule has 776 valence electrons. The van der Waals surface area contributed by atoms with Crippen LogP contribution in [-0.2, 0) is 62.4 Å². The first-order chi connectivity index (χ1) is 65.1. The van der Waals surface area contributed by atoms with Crippen molar-refractivity contribution in [1.29, 1.82) is 0 Å². The first-order valence-electron chi connectivity index (χ1n) is 43.2. The monoisotopic (exact) mass is 1990 g/mol. The molecule has 1 aliphatic rings. The van der Waals surface area contributed by atoms with Gasteiger partial charge < -0.3 is 124 Å². The molecule has 1 aliphatic heterocycles. The summed E-state index contributed by atoms with van der Waals surface area (Å²) in [7, 11) is 5.35. The van der Waals surface area contributed by atoms with Gasteiger partial charge in [0.25, 0.3) is 34.1 Å². The predicted molar refractivity (Wildman–Crippen MR) is 537 cm³/mol. The van der Waals surface area contributed by atoms with Gasteiger partial charge in [-0.1, -0.05) is 72.8 Å². The topological polar surface area (TPSA) is 834 Å². The lowest BCUT2D eigenvalue weighted by atomic mass is 9.89. The third kappa shape index (κ3) is 67.6. The van der Waals surface area contributed by atoms with Crippen LogP contribution in [0.5, 0.6) is 0 Å². The first-order valence-corrected chi connectivity index (χ1v) is 43.2. The molecule has 6 aromatic rings. The van der Waals surface area contributed by atoms with Crippen LogP contribution in [0, 0.1) is 60.7 Å². The summed E-state index contributed by atoms with van der Waals surface area (Å²) >= 11 is 0. The molecule has 8 radical (unpaired) electrons. The van der Waals surface area contributed by atoms with E-state index in [2.05, 4.69) is 45.3 Å². The standard InChI is InChI=1S/C21H41B4N7O6.C17H33N7O2.C10H12N2O4.C9H11N3O3.C9H13N3O2.C9H10N2O4.C3H8BNO.C2HF3O.CH4O.2B.H3N/c1-23(34)27-9-12-30(13-10-28-24(2)35)17-20(16-18-4-6-19(7-5-18)32(37)38)31(14-8-26-21(22)33)15-11-29-25(3)36;18-5-9-22(10-6-19)14-17(23(11-7-20)12-8-21)13-15-1-3-16(4-2-15)24(25)26;1-16-10(13)9(11)6-7-2-4-8(5-3-7)12(14)15;10-8(9(11)13)5-6-1-3-7(4-2-6)12(14)15;10-6-8(11)5-7-1-3-9(4-2-7)12(13)14;10-8(9(12)13)5-6-1-3-7(4-2-6)11(14)15;1-4(6)5-2-3-5;3-2(4,5)1-6;1-2;;;/h4-7,20,27-29,34-36H,8-17H2,1-3H3,(H,26,33);1-4,17H,5-14,18-21H2;2-5,9H,6,11H2,1H3;1-4,8H,5,10H2,(H2,11,13);1-4,8H,5-6,10-11H2;1-4,8H,5,10H2,(H,12,13);6H,2-3H2,1H3;1H;2H,1H3;;;1H3. The summed E-state index contributed by atoms with van der Waals surface area (Å²) in [5.41, 5.74) is 60.6. The fourth-order valence-electron chi connectivity index (χ4n) is 12.1. The number of primary amides is 1. The van der Waals surface area contributed by atoms with Gasteiger partial charge >= 0.3 is 46.3 Å². The van der Waals surface area contributed by atoms with Crippen LogP contribution in [0.25, 0.3) is 0 Å². The molecule has 6 aromatic carbocycles. The average Bonchev–Trinajstić information content (AvgIpc) is 1.06. The van der Waals surface area contributed by atoms with E-state index in [-0.39, 0.29) is 100 Å². The van der Waals surface area contributed by atoms with Gasteiger partial charge in [0.2, 0.25) is 12.2 Å². The predicted octanol–water partition coefficient (Wildman–Crippen LogP) is -2.24. The quantitative estimate of drug-likeness (QED) is 0.00479. The van der Waals surface area contributed by atoms with Gasteiger partial charge in [-0.05, 0) is 119 Å². The molecule has 0 spiro atoms. The molecule has 1 fully saturated rings. The Hall–Kier alpha value is -11.4. The molecule has 1 saturated heterocycles. The number of aliphatic hydroxyl groups excluding tert-OH is 1. The first kappa shape index (κ1) is 138. The number of carbonyl (C=O) groups excluding carboxylic acids is 4. The number of ether oxygens (including phenoxy) is 1. The van der Waals surface area contributed by atoms with Gasteiger partial charge in [-0.2, -0.15) is 13.2 Å². The second kappa shape index (κ2) is 79.2. The summed E-state index contributed by atoms with van der Waals surface area (Å²) in [5, 5.41) is 128. The minimum atomic E-state index is -4.64. The van der Waals surface area contributed by atoms with E-state index in [0.717, 1.165) is 87.2 Å². The molecule has 2 amide bonds. The molecule has 6 unspecified atom stereocenters. The number of halogens is 3. The maximum absolute atomic E-state index is 11.3. The minimum absolute atomic E-state index is 0. The lowest BCUT2D eigenvalue weighted by Crippen LogP contribution is -2.52. The number of benzene rings is 6. The largest absolute Gasteiger partial charge is 0.480 e. The summed E-state index contributed by atoms with van der Waals surface area (Å²) in [6.45, 7) is 20.2. The molecule has 0 aromatic heterocycles. The summed E-state index contributed by atoms with van der Waals surface area (Å²) in [5.74, 6) is -2.80. The number of nitrogens with two attached hydrogens (primary N) is 10. The zero-order chi connectivity index (χ0) is 105. The third-order valence-corrected chi connectivity index (χ3v) is 19.3. The lowest BCUT2D eigenvalue weighted by Gasteiger charge is -2.36. The van der Waals surface area contributed by atoms with Gasteiger partial charge in [-0.15, -0.1) is 0 Å². The number of hydrogen-bond donors (Lipinski definition) is 21. The van der Waals surface area contributed by atoms with E-state index in [0.29, 0.717) is 116 Å². The highest BCUT2D eigenvalue weighted by atomic mass is 19.4. The lowest BCUT2D eigenvalue weighted by molar-refractivity contribution is -0.385. The number of nitrogens with zero attached hydrogens (tertiary/aromatic N) is 11. The van der Waals surface area contributed by atoms with E-state index in [1.165, 1.54) is 79.9 Å². The van der Waals surface area contributed by atoms with Crippen LogP contribution >= 0.6 is 0 Å². The minimum Gasteiger partial charge on any atom is -0.480 e. The zero-order valence-electron chi connectivity index (χ0n) is 80.1. The van der Waals surface area contributed by atoms with E-state index in [1.54, 1.807) is 88.0 Å². The number of methoxy groups -OCH3 is 1. The molecule has 0 bridgehead atoms. The van der Waals surface area contributed by atoms with E-state index in [4.69, 9.17) is 85.2 Å². The van der Waals surface area contributed by atoms with Gasteiger partial charge in [-0.3, -0.25) is 104 Å². The van der Waals surface area contributed by atoms with Crippen LogP contribution < -0.4 is 84.5 Å². The van der Waals surface area contributed by atoms with Crippen LogP contribution in [0.15, 0.2) is 146 Å². The van der Waals surface area contributed by atoms with Crippen molar-refractivity contribution < 1.29 is 102 Å².